The number of carbonyl (C=O) groups excluding carboxylic acids is 1. The van der Waals surface area contributed by atoms with Gasteiger partial charge in [0, 0.05) is 12.7 Å². The summed E-state index contributed by atoms with van der Waals surface area (Å²) in [6.07, 6.45) is 8.75. The topological polar surface area (TPSA) is 90.8 Å². The highest BCUT2D eigenvalue weighted by Gasteiger charge is 2.26. The van der Waals surface area contributed by atoms with E-state index in [1.165, 1.54) is 0 Å². The molecule has 6 heteroatoms. The maximum atomic E-state index is 11.3. The van der Waals surface area contributed by atoms with E-state index in [0.29, 0.717) is 23.5 Å². The number of carboxylic acid groups (broad SMARTS) is 1. The Bertz CT molecular complexity index is 515. The number of rotatable bonds is 8. The first-order chi connectivity index (χ1) is 10.3. The van der Waals surface area contributed by atoms with E-state index in [2.05, 4.69) is 15.6 Å². The van der Waals surface area contributed by atoms with Gasteiger partial charge in [-0.2, -0.15) is 0 Å². The summed E-state index contributed by atoms with van der Waals surface area (Å²) in [6.45, 7) is 6.95. The molecule has 0 aliphatic carbocycles. The van der Waals surface area contributed by atoms with Crippen molar-refractivity contribution in [2.75, 3.05) is 7.05 Å². The Hall–Kier alpha value is -2.37. The molecule has 0 rings (SSSR count). The summed E-state index contributed by atoms with van der Waals surface area (Å²) in [5.74, 6) is -0.533. The van der Waals surface area contributed by atoms with Gasteiger partial charge in [0.15, 0.2) is 0 Å². The second-order valence-corrected chi connectivity index (χ2v) is 5.18. The van der Waals surface area contributed by atoms with Crippen molar-refractivity contribution in [1.29, 1.82) is 0 Å². The van der Waals surface area contributed by atoms with Crippen LogP contribution in [0.2, 0.25) is 0 Å². The number of amides is 1. The highest BCUT2D eigenvalue weighted by molar-refractivity contribution is 6.03. The summed E-state index contributed by atoms with van der Waals surface area (Å²) in [4.78, 5) is 25.8. The molecule has 0 saturated heterocycles. The molecule has 0 aromatic carbocycles. The molecule has 0 saturated carbocycles. The van der Waals surface area contributed by atoms with E-state index in [1.54, 1.807) is 40.0 Å². The van der Waals surface area contributed by atoms with E-state index >= 15 is 0 Å². The number of hydrogen-bond donors (Lipinski definition) is 3. The van der Waals surface area contributed by atoms with Crippen molar-refractivity contribution in [1.82, 2.24) is 10.6 Å². The third kappa shape index (κ3) is 6.88. The molecule has 6 nitrogen and oxygen atoms in total. The predicted molar refractivity (Wildman–Crippen MR) is 88.7 cm³/mol. The fourth-order valence-electron chi connectivity index (χ4n) is 1.56. The molecule has 0 aromatic rings. The third-order valence-electron chi connectivity index (χ3n) is 2.80. The summed E-state index contributed by atoms with van der Waals surface area (Å²) in [5, 5.41) is 14.7. The standard InChI is InChI=1S/C16H25N3O3/c1-6-7-8-9-13(19-16(3,4)15(21)22)10-12(2)14(17-5)18-11-20/h7-11,19H,6H2,1-5H3,(H,21,22)(H,17,18,20)/b8-7+,12-10-,13-9+. The number of allylic oxidation sites excluding steroid dienone is 4. The fraction of sp³-hybridized carbons (Fsp3) is 0.438. The van der Waals surface area contributed by atoms with Crippen molar-refractivity contribution >= 4 is 18.2 Å². The smallest absolute Gasteiger partial charge is 0.328 e. The number of hydrogen-bond acceptors (Lipinski definition) is 4. The molecule has 1 amide bonds. The average molecular weight is 307 g/mol. The molecule has 122 valence electrons. The van der Waals surface area contributed by atoms with Crippen molar-refractivity contribution in [3.8, 4) is 0 Å². The first-order valence-electron chi connectivity index (χ1n) is 7.02. The van der Waals surface area contributed by atoms with Gasteiger partial charge in [-0.25, -0.2) is 4.79 Å². The Morgan fingerprint density at radius 3 is 2.45 bits per heavy atom. The molecule has 0 aliphatic rings. The van der Waals surface area contributed by atoms with Crippen molar-refractivity contribution in [3.05, 3.63) is 35.6 Å². The number of nitrogens with one attached hydrogen (secondary N) is 2. The molecule has 0 aromatic heterocycles. The van der Waals surface area contributed by atoms with Gasteiger partial charge in [0.1, 0.15) is 11.4 Å². The summed E-state index contributed by atoms with van der Waals surface area (Å²) < 4.78 is 0. The monoisotopic (exact) mass is 307 g/mol. The van der Waals surface area contributed by atoms with Crippen molar-refractivity contribution in [2.24, 2.45) is 4.99 Å². The van der Waals surface area contributed by atoms with Crippen LogP contribution in [0.5, 0.6) is 0 Å². The summed E-state index contributed by atoms with van der Waals surface area (Å²) in [6, 6.07) is 0. The van der Waals surface area contributed by atoms with Crippen LogP contribution in [0.15, 0.2) is 40.6 Å². The van der Waals surface area contributed by atoms with Gasteiger partial charge in [0.2, 0.25) is 6.41 Å². The van der Waals surface area contributed by atoms with Gasteiger partial charge < -0.3 is 15.7 Å². The first-order valence-corrected chi connectivity index (χ1v) is 7.02. The number of carbonyl (C=O) groups is 2. The molecule has 0 atom stereocenters. The number of nitrogens with zero attached hydrogens (tertiary/aromatic N) is 1. The quantitative estimate of drug-likeness (QED) is 0.277. The second-order valence-electron chi connectivity index (χ2n) is 5.18. The zero-order chi connectivity index (χ0) is 17.2. The van der Waals surface area contributed by atoms with E-state index in [-0.39, 0.29) is 0 Å². The Labute approximate surface area is 131 Å². The predicted octanol–water partition coefficient (Wildman–Crippen LogP) is 2.01. The lowest BCUT2D eigenvalue weighted by Gasteiger charge is -2.23. The molecule has 0 bridgehead atoms. The lowest BCUT2D eigenvalue weighted by atomic mass is 10.0. The normalized spacial score (nSPS) is 14.1. The number of carboxylic acids is 1. The van der Waals surface area contributed by atoms with Gasteiger partial charge >= 0.3 is 5.97 Å². The van der Waals surface area contributed by atoms with Crippen molar-refractivity contribution in [3.63, 3.8) is 0 Å². The van der Waals surface area contributed by atoms with Gasteiger partial charge in [-0.15, -0.1) is 0 Å². The first kappa shape index (κ1) is 19.6. The van der Waals surface area contributed by atoms with Crippen LogP contribution in [0.4, 0.5) is 0 Å². The average Bonchev–Trinajstić information content (AvgIpc) is 2.44. The van der Waals surface area contributed by atoms with Crippen LogP contribution < -0.4 is 10.6 Å². The Morgan fingerprint density at radius 1 is 1.36 bits per heavy atom. The SMILES string of the molecule is CC/C=C/C=C(\C=C(C)/C(=N/C)NC=O)NC(C)(C)C(=O)O. The highest BCUT2D eigenvalue weighted by atomic mass is 16.4. The maximum absolute atomic E-state index is 11.3. The van der Waals surface area contributed by atoms with E-state index < -0.39 is 11.5 Å². The van der Waals surface area contributed by atoms with Crippen LogP contribution in [0.3, 0.4) is 0 Å². The zero-order valence-corrected chi connectivity index (χ0v) is 13.8. The maximum Gasteiger partial charge on any atom is 0.328 e. The molecule has 0 radical (unpaired) electrons. The van der Waals surface area contributed by atoms with Crippen LogP contribution in [0.25, 0.3) is 0 Å². The largest absolute Gasteiger partial charge is 0.480 e. The molecule has 0 aliphatic heterocycles. The molecule has 22 heavy (non-hydrogen) atoms. The van der Waals surface area contributed by atoms with E-state index in [0.717, 1.165) is 6.42 Å². The van der Waals surface area contributed by atoms with Crippen LogP contribution in [0.1, 0.15) is 34.1 Å². The lowest BCUT2D eigenvalue weighted by molar-refractivity contribution is -0.143. The highest BCUT2D eigenvalue weighted by Crippen LogP contribution is 2.10. The fourth-order valence-corrected chi connectivity index (χ4v) is 1.56. The molecular formula is C16H25N3O3. The van der Waals surface area contributed by atoms with E-state index in [1.807, 2.05) is 19.1 Å². The molecule has 0 spiro atoms. The van der Waals surface area contributed by atoms with Gasteiger partial charge in [-0.3, -0.25) is 9.79 Å². The van der Waals surface area contributed by atoms with Gasteiger partial charge in [0.05, 0.1) is 0 Å². The minimum atomic E-state index is -1.12. The molecule has 0 heterocycles. The molecule has 0 fully saturated rings. The summed E-state index contributed by atoms with van der Waals surface area (Å²) in [5.41, 5.74) is 0.201. The Kier molecular flexibility index (Phi) is 8.52. The number of amidine groups is 1. The summed E-state index contributed by atoms with van der Waals surface area (Å²) in [7, 11) is 1.57. The van der Waals surface area contributed by atoms with Gasteiger partial charge in [0.25, 0.3) is 0 Å². The molecular weight excluding hydrogens is 282 g/mol. The summed E-state index contributed by atoms with van der Waals surface area (Å²) >= 11 is 0. The molecule has 3 N–H and O–H groups in total. The minimum absolute atomic E-state index is 0.426. The second kappa shape index (κ2) is 9.55. The van der Waals surface area contributed by atoms with E-state index in [9.17, 15) is 14.7 Å². The Balaban J connectivity index is 5.51. The van der Waals surface area contributed by atoms with Gasteiger partial charge in [-0.05, 0) is 44.9 Å². The number of aliphatic carboxylic acids is 1. The zero-order valence-electron chi connectivity index (χ0n) is 13.8. The van der Waals surface area contributed by atoms with E-state index in [4.69, 9.17) is 0 Å². The lowest BCUT2D eigenvalue weighted by Crippen LogP contribution is -2.45. The third-order valence-corrected chi connectivity index (χ3v) is 2.80. The number of aliphatic imine (C=N–C) groups is 1. The van der Waals surface area contributed by atoms with Gasteiger partial charge in [-0.1, -0.05) is 19.1 Å². The van der Waals surface area contributed by atoms with Crippen LogP contribution >= 0.6 is 0 Å². The van der Waals surface area contributed by atoms with Crippen LogP contribution in [-0.2, 0) is 9.59 Å². The van der Waals surface area contributed by atoms with Crippen LogP contribution in [-0.4, -0.2) is 35.9 Å². The van der Waals surface area contributed by atoms with Crippen molar-refractivity contribution < 1.29 is 14.7 Å². The molecule has 0 unspecified atom stereocenters. The van der Waals surface area contributed by atoms with Crippen LogP contribution in [0, 0.1) is 0 Å². The van der Waals surface area contributed by atoms with Crippen molar-refractivity contribution in [2.45, 2.75) is 39.7 Å². The Morgan fingerprint density at radius 2 is 2.00 bits per heavy atom. The minimum Gasteiger partial charge on any atom is -0.480 e.